The van der Waals surface area contributed by atoms with Gasteiger partial charge in [0.15, 0.2) is 0 Å². The zero-order valence-corrected chi connectivity index (χ0v) is 32.8. The lowest BCUT2D eigenvalue weighted by Crippen LogP contribution is -2.27. The molecule has 0 saturated heterocycles. The minimum Gasteiger partial charge on any atom is -0.423 e. The van der Waals surface area contributed by atoms with Crippen molar-refractivity contribution in [2.24, 2.45) is 0 Å². The summed E-state index contributed by atoms with van der Waals surface area (Å²) >= 11 is 0. The molecular weight excluding hydrogens is 629 g/mol. The third-order valence-electron chi connectivity index (χ3n) is 9.94. The van der Waals surface area contributed by atoms with Crippen molar-refractivity contribution in [3.63, 3.8) is 0 Å². The third kappa shape index (κ3) is 8.28. The predicted molar refractivity (Wildman–Crippen MR) is 213 cm³/mol. The van der Waals surface area contributed by atoms with E-state index in [1.807, 2.05) is 114 Å². The second-order valence-corrected chi connectivity index (χ2v) is 14.9. The van der Waals surface area contributed by atoms with Crippen LogP contribution in [0.1, 0.15) is 127 Å². The second-order valence-electron chi connectivity index (χ2n) is 14.9. The standard InChI is InChI=1S/C43H44O4.2C2H6/c1-27-9-13-31(14-10-27)21-29(3)39(44)46-33-17-19-35-37(23-33)43(25-41(35,5)6)26-42(7,8)36-20-18-34(24-38(36)43)47-40(45)30(4)22-32-15-11-28(2)12-16-32;2*1-2/h9-24H,25-26H2,1-8H3;2*1-2H3/b29-21+,30-22+;;. The summed E-state index contributed by atoms with van der Waals surface area (Å²) in [5.41, 5.74) is 9.69. The molecule has 51 heavy (non-hydrogen) atoms. The molecule has 0 bridgehead atoms. The molecule has 0 N–H and O–H groups in total. The fourth-order valence-corrected chi connectivity index (χ4v) is 7.75. The highest BCUT2D eigenvalue weighted by atomic mass is 16.5. The average Bonchev–Trinajstić information content (AvgIpc) is 3.47. The van der Waals surface area contributed by atoms with Crippen LogP contribution in [0.3, 0.4) is 0 Å². The number of esters is 2. The van der Waals surface area contributed by atoms with Crippen LogP contribution >= 0.6 is 0 Å². The minimum atomic E-state index is -0.368. The Labute approximate surface area is 306 Å². The molecule has 4 aromatic carbocycles. The van der Waals surface area contributed by atoms with E-state index < -0.39 is 0 Å². The van der Waals surface area contributed by atoms with Gasteiger partial charge in [0.05, 0.1) is 0 Å². The Balaban J connectivity index is 0.00000141. The van der Waals surface area contributed by atoms with Gasteiger partial charge in [0.25, 0.3) is 0 Å². The lowest BCUT2D eigenvalue weighted by atomic mass is 9.72. The highest BCUT2D eigenvalue weighted by molar-refractivity contribution is 5.95. The van der Waals surface area contributed by atoms with E-state index in [0.717, 1.165) is 24.0 Å². The number of ether oxygens (including phenoxy) is 2. The van der Waals surface area contributed by atoms with E-state index in [1.165, 1.54) is 33.4 Å². The van der Waals surface area contributed by atoms with Gasteiger partial charge in [-0.25, -0.2) is 9.59 Å². The number of carbonyl (C=O) groups excluding carboxylic acids is 2. The summed E-state index contributed by atoms with van der Waals surface area (Å²) in [4.78, 5) is 26.4. The van der Waals surface area contributed by atoms with Crippen molar-refractivity contribution >= 4 is 24.1 Å². The lowest BCUT2D eigenvalue weighted by molar-refractivity contribution is -0.130. The van der Waals surface area contributed by atoms with Crippen molar-refractivity contribution in [3.05, 3.63) is 141 Å². The first-order chi connectivity index (χ1) is 24.2. The van der Waals surface area contributed by atoms with Crippen LogP contribution in [-0.2, 0) is 25.8 Å². The summed E-state index contributed by atoms with van der Waals surface area (Å²) in [6.45, 7) is 24.8. The molecule has 2 aliphatic carbocycles. The molecule has 0 radical (unpaired) electrons. The van der Waals surface area contributed by atoms with Gasteiger partial charge in [0.2, 0.25) is 0 Å². The summed E-state index contributed by atoms with van der Waals surface area (Å²) in [5.74, 6) is 0.334. The van der Waals surface area contributed by atoms with Crippen LogP contribution in [0, 0.1) is 13.8 Å². The van der Waals surface area contributed by atoms with Crippen LogP contribution in [-0.4, -0.2) is 11.9 Å². The summed E-state index contributed by atoms with van der Waals surface area (Å²) in [6, 6.07) is 28.3. The van der Waals surface area contributed by atoms with Crippen LogP contribution in [0.2, 0.25) is 0 Å². The Hall–Kier alpha value is -4.70. The zero-order chi connectivity index (χ0) is 37.7. The number of hydrogen-bond acceptors (Lipinski definition) is 4. The van der Waals surface area contributed by atoms with Gasteiger partial charge in [-0.15, -0.1) is 0 Å². The van der Waals surface area contributed by atoms with Gasteiger partial charge in [-0.05, 0) is 121 Å². The summed E-state index contributed by atoms with van der Waals surface area (Å²) in [7, 11) is 0. The molecule has 2 aliphatic rings. The van der Waals surface area contributed by atoms with Crippen LogP contribution < -0.4 is 9.47 Å². The highest BCUT2D eigenvalue weighted by Crippen LogP contribution is 2.63. The van der Waals surface area contributed by atoms with E-state index >= 15 is 0 Å². The Morgan fingerprint density at radius 2 is 0.863 bits per heavy atom. The van der Waals surface area contributed by atoms with E-state index in [-0.39, 0.29) is 28.2 Å². The Morgan fingerprint density at radius 1 is 0.529 bits per heavy atom. The van der Waals surface area contributed by atoms with Crippen LogP contribution in [0.25, 0.3) is 12.2 Å². The van der Waals surface area contributed by atoms with Crippen molar-refractivity contribution in [3.8, 4) is 11.5 Å². The van der Waals surface area contributed by atoms with Crippen LogP contribution in [0.15, 0.2) is 96.1 Å². The Bertz CT molecular complexity index is 1790. The first kappa shape index (κ1) is 39.1. The molecule has 0 fully saturated rings. The number of rotatable bonds is 6. The molecule has 4 nitrogen and oxygen atoms in total. The smallest absolute Gasteiger partial charge is 0.339 e. The van der Waals surface area contributed by atoms with E-state index in [2.05, 4.69) is 52.0 Å². The minimum absolute atomic E-state index is 0.100. The molecule has 0 aromatic heterocycles. The van der Waals surface area contributed by atoms with Crippen molar-refractivity contribution in [2.75, 3.05) is 0 Å². The van der Waals surface area contributed by atoms with Gasteiger partial charge < -0.3 is 9.47 Å². The van der Waals surface area contributed by atoms with E-state index in [0.29, 0.717) is 22.6 Å². The van der Waals surface area contributed by atoms with Gasteiger partial charge in [-0.1, -0.05) is 127 Å². The van der Waals surface area contributed by atoms with Gasteiger partial charge in [-0.2, -0.15) is 0 Å². The monoisotopic (exact) mass is 684 g/mol. The molecule has 0 unspecified atom stereocenters. The van der Waals surface area contributed by atoms with Crippen molar-refractivity contribution < 1.29 is 19.1 Å². The van der Waals surface area contributed by atoms with Crippen molar-refractivity contribution in [1.29, 1.82) is 0 Å². The molecule has 0 heterocycles. The first-order valence-electron chi connectivity index (χ1n) is 18.4. The van der Waals surface area contributed by atoms with E-state index in [4.69, 9.17) is 9.47 Å². The molecular formula is C47H56O4. The quantitative estimate of drug-likeness (QED) is 0.115. The number of carbonyl (C=O) groups is 2. The number of aryl methyl sites for hydroxylation is 2. The van der Waals surface area contributed by atoms with Gasteiger partial charge in [-0.3, -0.25) is 0 Å². The number of benzene rings is 4. The van der Waals surface area contributed by atoms with Crippen molar-refractivity contribution in [2.45, 2.75) is 112 Å². The van der Waals surface area contributed by atoms with Gasteiger partial charge >= 0.3 is 11.9 Å². The second kappa shape index (κ2) is 15.7. The highest BCUT2D eigenvalue weighted by Gasteiger charge is 2.56. The SMILES string of the molecule is C/C(=C\c1ccc(C)cc1)C(=O)Oc1ccc2c(c1)C1(CC2(C)C)CC(C)(C)c2ccc(OC(=O)/C(C)=C/c3ccc(C)cc3)cc21.CC.CC. The van der Waals surface area contributed by atoms with Gasteiger partial charge in [0, 0.05) is 16.6 Å². The predicted octanol–water partition coefficient (Wildman–Crippen LogP) is 12.0. The molecule has 0 saturated carbocycles. The molecule has 0 atom stereocenters. The summed E-state index contributed by atoms with van der Waals surface area (Å²) < 4.78 is 12.0. The molecule has 6 rings (SSSR count). The maximum absolute atomic E-state index is 13.2. The zero-order valence-electron chi connectivity index (χ0n) is 32.8. The Kier molecular flexibility index (Phi) is 12.0. The maximum Gasteiger partial charge on any atom is 0.339 e. The van der Waals surface area contributed by atoms with E-state index in [9.17, 15) is 9.59 Å². The van der Waals surface area contributed by atoms with Crippen LogP contribution in [0.5, 0.6) is 11.5 Å². The lowest BCUT2D eigenvalue weighted by Gasteiger charge is -2.30. The third-order valence-corrected chi connectivity index (χ3v) is 9.94. The molecule has 1 spiro atoms. The van der Waals surface area contributed by atoms with E-state index in [1.54, 1.807) is 13.8 Å². The summed E-state index contributed by atoms with van der Waals surface area (Å²) in [5, 5.41) is 0. The normalized spacial score (nSPS) is 18.0. The molecule has 0 amide bonds. The average molecular weight is 685 g/mol. The maximum atomic E-state index is 13.2. The number of fused-ring (bicyclic) bond motifs is 4. The summed E-state index contributed by atoms with van der Waals surface area (Å²) in [6.07, 6.45) is 5.52. The Morgan fingerprint density at radius 3 is 1.20 bits per heavy atom. The first-order valence-corrected chi connectivity index (χ1v) is 18.4. The fourth-order valence-electron chi connectivity index (χ4n) is 7.75. The van der Waals surface area contributed by atoms with Gasteiger partial charge in [0.1, 0.15) is 11.5 Å². The topological polar surface area (TPSA) is 52.6 Å². The molecule has 268 valence electrons. The van der Waals surface area contributed by atoms with Crippen molar-refractivity contribution in [1.82, 2.24) is 0 Å². The van der Waals surface area contributed by atoms with Crippen LogP contribution in [0.4, 0.5) is 0 Å². The molecule has 0 aliphatic heterocycles. The molecule has 4 heteroatoms. The fraction of sp³-hybridized carbons (Fsp3) is 0.362. The number of hydrogen-bond donors (Lipinski definition) is 0. The largest absolute Gasteiger partial charge is 0.423 e. The molecule has 4 aromatic rings.